The van der Waals surface area contributed by atoms with Gasteiger partial charge in [0.1, 0.15) is 0 Å². The summed E-state index contributed by atoms with van der Waals surface area (Å²) in [5.74, 6) is 0.499. The lowest BCUT2D eigenvalue weighted by Gasteiger charge is -2.26. The molecule has 0 spiro atoms. The molecule has 1 aromatic carbocycles. The molecular weight excluding hydrogens is 315 g/mol. The summed E-state index contributed by atoms with van der Waals surface area (Å²) < 4.78 is 43.3. The molecule has 1 fully saturated rings. The Labute approximate surface area is 140 Å². The molecule has 1 aliphatic rings. The first kappa shape index (κ1) is 18.3. The summed E-state index contributed by atoms with van der Waals surface area (Å²) in [5, 5.41) is 8.40. The predicted octanol–water partition coefficient (Wildman–Crippen LogP) is 5.42. The highest BCUT2D eigenvalue weighted by Gasteiger charge is 2.30. The van der Waals surface area contributed by atoms with Gasteiger partial charge in [-0.25, -0.2) is 0 Å². The first-order valence-corrected chi connectivity index (χ1v) is 7.99. The second-order valence-electron chi connectivity index (χ2n) is 5.92. The summed E-state index contributed by atoms with van der Waals surface area (Å²) in [6.45, 7) is 0.341. The average Bonchev–Trinajstić information content (AvgIpc) is 2.57. The third kappa shape index (κ3) is 5.86. The van der Waals surface area contributed by atoms with Crippen molar-refractivity contribution in [1.82, 2.24) is 0 Å². The highest BCUT2D eigenvalue weighted by molar-refractivity contribution is 5.24. The molecule has 24 heavy (non-hydrogen) atoms. The molecule has 0 atom stereocenters. The summed E-state index contributed by atoms with van der Waals surface area (Å²) in [5.41, 5.74) is 0.121. The number of hydrogen-bond acceptors (Lipinski definition) is 2. The minimum atomic E-state index is -4.30. The van der Waals surface area contributed by atoms with E-state index in [2.05, 4.69) is 6.08 Å². The van der Waals surface area contributed by atoms with Crippen molar-refractivity contribution in [2.75, 3.05) is 0 Å². The number of ether oxygens (including phenoxy) is 1. The van der Waals surface area contributed by atoms with Gasteiger partial charge in [-0.3, -0.25) is 0 Å². The molecule has 0 amide bonds. The maximum absolute atomic E-state index is 12.5. The summed E-state index contributed by atoms with van der Waals surface area (Å²) in [6, 6.07) is 7.07. The fourth-order valence-corrected chi connectivity index (χ4v) is 2.77. The smallest absolute Gasteiger partial charge is 0.374 e. The Balaban J connectivity index is 1.74. The van der Waals surface area contributed by atoms with Crippen LogP contribution in [0.2, 0.25) is 0 Å². The summed E-state index contributed by atoms with van der Waals surface area (Å²) in [4.78, 5) is 0. The Morgan fingerprint density at radius 2 is 1.75 bits per heavy atom. The molecule has 0 N–H and O–H groups in total. The van der Waals surface area contributed by atoms with Gasteiger partial charge in [0.2, 0.25) is 0 Å². The van der Waals surface area contributed by atoms with Crippen molar-refractivity contribution in [3.63, 3.8) is 0 Å². The molecule has 5 heteroatoms. The second kappa shape index (κ2) is 8.70. The van der Waals surface area contributed by atoms with Crippen LogP contribution in [0.3, 0.4) is 0 Å². The van der Waals surface area contributed by atoms with Crippen LogP contribution in [0.4, 0.5) is 13.2 Å². The van der Waals surface area contributed by atoms with Crippen molar-refractivity contribution in [3.8, 4) is 6.07 Å². The maximum atomic E-state index is 12.5. The molecular formula is C19H20F3NO. The molecule has 0 aliphatic heterocycles. The monoisotopic (exact) mass is 335 g/mol. The molecule has 1 saturated carbocycles. The van der Waals surface area contributed by atoms with Crippen LogP contribution in [0.1, 0.15) is 36.8 Å². The number of halogens is 3. The number of hydrogen-bond donors (Lipinski definition) is 0. The van der Waals surface area contributed by atoms with E-state index in [-0.39, 0.29) is 6.10 Å². The number of allylic oxidation sites excluding steroid dienone is 4. The van der Waals surface area contributed by atoms with Crippen LogP contribution >= 0.6 is 0 Å². The van der Waals surface area contributed by atoms with E-state index in [1.165, 1.54) is 18.2 Å². The first-order valence-electron chi connectivity index (χ1n) is 7.99. The fraction of sp³-hybridized carbons (Fsp3) is 0.421. The van der Waals surface area contributed by atoms with Crippen molar-refractivity contribution < 1.29 is 17.9 Å². The van der Waals surface area contributed by atoms with Crippen LogP contribution in [-0.4, -0.2) is 6.10 Å². The van der Waals surface area contributed by atoms with E-state index in [9.17, 15) is 13.2 Å². The Morgan fingerprint density at radius 3 is 2.33 bits per heavy atom. The molecule has 0 radical (unpaired) electrons. The van der Waals surface area contributed by atoms with Gasteiger partial charge in [-0.15, -0.1) is 0 Å². The fourth-order valence-electron chi connectivity index (χ4n) is 2.77. The SMILES string of the molecule is N#CC=CC=CC1CCC(OCc2ccc(C(F)(F)F)cc2)CC1. The highest BCUT2D eigenvalue weighted by Crippen LogP contribution is 2.30. The van der Waals surface area contributed by atoms with Crippen LogP contribution in [0, 0.1) is 17.2 Å². The van der Waals surface area contributed by atoms with Crippen molar-refractivity contribution in [2.24, 2.45) is 5.92 Å². The standard InChI is InChI=1S/C19H20F3NO/c20-19(21,22)17-9-5-16(6-10-17)14-24-18-11-7-15(8-12-18)4-2-1-3-13-23/h1-6,9-10,15,18H,7-8,11-12,14H2. The zero-order valence-corrected chi connectivity index (χ0v) is 13.3. The zero-order valence-electron chi connectivity index (χ0n) is 13.3. The summed E-state index contributed by atoms with van der Waals surface area (Å²) >= 11 is 0. The van der Waals surface area contributed by atoms with E-state index in [1.807, 2.05) is 12.1 Å². The highest BCUT2D eigenvalue weighted by atomic mass is 19.4. The van der Waals surface area contributed by atoms with Gasteiger partial charge >= 0.3 is 6.18 Å². The Morgan fingerprint density at radius 1 is 1.08 bits per heavy atom. The van der Waals surface area contributed by atoms with Crippen LogP contribution in [0.25, 0.3) is 0 Å². The average molecular weight is 335 g/mol. The lowest BCUT2D eigenvalue weighted by Crippen LogP contribution is -2.20. The van der Waals surface area contributed by atoms with Gasteiger partial charge in [-0.2, -0.15) is 18.4 Å². The Kier molecular flexibility index (Phi) is 6.62. The van der Waals surface area contributed by atoms with Crippen molar-refractivity contribution >= 4 is 0 Å². The number of nitrogens with zero attached hydrogens (tertiary/aromatic N) is 1. The third-order valence-corrected chi connectivity index (χ3v) is 4.15. The van der Waals surface area contributed by atoms with Gasteiger partial charge in [0.25, 0.3) is 0 Å². The van der Waals surface area contributed by atoms with Crippen LogP contribution in [0.15, 0.2) is 48.6 Å². The lowest BCUT2D eigenvalue weighted by molar-refractivity contribution is -0.137. The largest absolute Gasteiger partial charge is 0.416 e. The zero-order chi connectivity index (χ0) is 17.4. The van der Waals surface area contributed by atoms with Crippen molar-refractivity contribution in [3.05, 3.63) is 59.7 Å². The Bertz CT molecular complexity index is 603. The molecule has 0 saturated heterocycles. The maximum Gasteiger partial charge on any atom is 0.416 e. The van der Waals surface area contributed by atoms with Gasteiger partial charge < -0.3 is 4.74 Å². The molecule has 0 aromatic heterocycles. The molecule has 2 nitrogen and oxygen atoms in total. The number of rotatable bonds is 5. The number of alkyl halides is 3. The van der Waals surface area contributed by atoms with E-state index < -0.39 is 11.7 Å². The van der Waals surface area contributed by atoms with E-state index in [0.29, 0.717) is 12.5 Å². The third-order valence-electron chi connectivity index (χ3n) is 4.15. The minimum absolute atomic E-state index is 0.159. The van der Waals surface area contributed by atoms with Crippen LogP contribution in [0.5, 0.6) is 0 Å². The summed E-state index contributed by atoms with van der Waals surface area (Å²) in [7, 11) is 0. The predicted molar refractivity (Wildman–Crippen MR) is 85.9 cm³/mol. The minimum Gasteiger partial charge on any atom is -0.374 e. The van der Waals surface area contributed by atoms with Crippen LogP contribution in [-0.2, 0) is 17.5 Å². The van der Waals surface area contributed by atoms with Crippen molar-refractivity contribution in [2.45, 2.75) is 44.6 Å². The van der Waals surface area contributed by atoms with Crippen LogP contribution < -0.4 is 0 Å². The van der Waals surface area contributed by atoms with E-state index in [1.54, 1.807) is 6.08 Å². The van der Waals surface area contributed by atoms with Crippen molar-refractivity contribution in [1.29, 1.82) is 5.26 Å². The van der Waals surface area contributed by atoms with Gasteiger partial charge in [0.15, 0.2) is 0 Å². The lowest BCUT2D eigenvalue weighted by atomic mass is 9.87. The normalized spacial score (nSPS) is 22.1. The van der Waals surface area contributed by atoms with E-state index in [0.717, 1.165) is 43.4 Å². The molecule has 0 heterocycles. The molecule has 0 unspecified atom stereocenters. The molecule has 0 bridgehead atoms. The van der Waals surface area contributed by atoms with Gasteiger partial charge in [0, 0.05) is 6.08 Å². The Hall–Kier alpha value is -2.06. The summed E-state index contributed by atoms with van der Waals surface area (Å²) in [6.07, 6.45) is 6.97. The van der Waals surface area contributed by atoms with Gasteiger partial charge in [-0.05, 0) is 49.3 Å². The number of nitriles is 1. The molecule has 2 rings (SSSR count). The number of benzene rings is 1. The quantitative estimate of drug-likeness (QED) is 0.532. The van der Waals surface area contributed by atoms with Gasteiger partial charge in [-0.1, -0.05) is 30.4 Å². The second-order valence-corrected chi connectivity index (χ2v) is 5.92. The molecule has 1 aromatic rings. The van der Waals surface area contributed by atoms with Gasteiger partial charge in [0.05, 0.1) is 24.3 Å². The first-order chi connectivity index (χ1) is 11.5. The molecule has 1 aliphatic carbocycles. The molecule has 128 valence electrons. The van der Waals surface area contributed by atoms with E-state index >= 15 is 0 Å². The topological polar surface area (TPSA) is 33.0 Å². The van der Waals surface area contributed by atoms with E-state index in [4.69, 9.17) is 10.00 Å².